The second-order valence-corrected chi connectivity index (χ2v) is 9.22. The predicted octanol–water partition coefficient (Wildman–Crippen LogP) is 2.47. The first-order chi connectivity index (χ1) is 14.8. The van der Waals surface area contributed by atoms with Gasteiger partial charge in [-0.05, 0) is 29.8 Å². The maximum Gasteiger partial charge on any atom is 0.256 e. The minimum Gasteiger partial charge on any atom is -0.326 e. The van der Waals surface area contributed by atoms with Crippen molar-refractivity contribution in [1.29, 1.82) is 0 Å². The molecule has 0 saturated heterocycles. The summed E-state index contributed by atoms with van der Waals surface area (Å²) < 4.78 is 27.0. The molecule has 0 fully saturated rings. The quantitative estimate of drug-likeness (QED) is 0.544. The fourth-order valence-electron chi connectivity index (χ4n) is 3.37. The monoisotopic (exact) mass is 439 g/mol. The number of sulfonamides is 1. The number of rotatable bonds is 6. The fraction of sp³-hybridized carbons (Fsp3) is 0.190. The highest BCUT2D eigenvalue weighted by Gasteiger charge is 2.33. The van der Waals surface area contributed by atoms with Crippen LogP contribution in [-0.2, 0) is 33.7 Å². The number of nitrogens with zero attached hydrogens (tertiary/aromatic N) is 2. The summed E-state index contributed by atoms with van der Waals surface area (Å²) in [5, 5.41) is 12.3. The van der Waals surface area contributed by atoms with Gasteiger partial charge < -0.3 is 10.6 Å². The molecule has 1 aromatic heterocycles. The second kappa shape index (κ2) is 8.32. The molecule has 3 aromatic rings. The number of fused-ring (bicyclic) bond motifs is 1. The Morgan fingerprint density at radius 2 is 1.74 bits per heavy atom. The maximum absolute atomic E-state index is 12.8. The summed E-state index contributed by atoms with van der Waals surface area (Å²) in [7, 11) is -3.53. The van der Waals surface area contributed by atoms with Crippen molar-refractivity contribution in [3.05, 3.63) is 77.0 Å². The first-order valence-electron chi connectivity index (χ1n) is 9.59. The van der Waals surface area contributed by atoms with E-state index >= 15 is 0 Å². The number of carbonyl (C=O) groups is 2. The lowest BCUT2D eigenvalue weighted by molar-refractivity contribution is -0.114. The Hall–Kier alpha value is -3.50. The summed E-state index contributed by atoms with van der Waals surface area (Å²) in [6.45, 7) is 1.70. The summed E-state index contributed by atoms with van der Waals surface area (Å²) in [6, 6.07) is 15.4. The van der Waals surface area contributed by atoms with Crippen molar-refractivity contribution in [3.8, 4) is 0 Å². The third kappa shape index (κ3) is 4.65. The van der Waals surface area contributed by atoms with Crippen LogP contribution in [0.25, 0.3) is 0 Å². The van der Waals surface area contributed by atoms with E-state index in [0.717, 1.165) is 0 Å². The number of aromatic nitrogens is 2. The lowest BCUT2D eigenvalue weighted by Crippen LogP contribution is -2.27. The molecule has 0 unspecified atom stereocenters. The van der Waals surface area contributed by atoms with Gasteiger partial charge in [0.1, 0.15) is 5.82 Å². The number of carbonyl (C=O) groups excluding carboxylic acids is 2. The van der Waals surface area contributed by atoms with Crippen molar-refractivity contribution in [1.82, 2.24) is 14.5 Å². The van der Waals surface area contributed by atoms with Crippen LogP contribution < -0.4 is 10.6 Å². The van der Waals surface area contributed by atoms with Gasteiger partial charge in [0.25, 0.3) is 5.91 Å². The summed E-state index contributed by atoms with van der Waals surface area (Å²) in [4.78, 5) is 23.7. The van der Waals surface area contributed by atoms with Crippen molar-refractivity contribution in [2.24, 2.45) is 0 Å². The zero-order valence-corrected chi connectivity index (χ0v) is 17.6. The molecule has 0 bridgehead atoms. The Bertz CT molecular complexity index is 1220. The minimum absolute atomic E-state index is 0.0931. The van der Waals surface area contributed by atoms with Gasteiger partial charge in [-0.2, -0.15) is 9.40 Å². The molecule has 2 aromatic carbocycles. The summed E-state index contributed by atoms with van der Waals surface area (Å²) in [6.07, 6.45) is 0. The molecule has 1 aliphatic heterocycles. The van der Waals surface area contributed by atoms with Crippen LogP contribution in [0.2, 0.25) is 0 Å². The highest BCUT2D eigenvalue weighted by molar-refractivity contribution is 7.88. The minimum atomic E-state index is -3.53. The van der Waals surface area contributed by atoms with Crippen LogP contribution in [-0.4, -0.2) is 34.7 Å². The van der Waals surface area contributed by atoms with E-state index < -0.39 is 10.0 Å². The van der Waals surface area contributed by atoms with Crippen LogP contribution in [0.5, 0.6) is 0 Å². The Morgan fingerprint density at radius 3 is 2.42 bits per heavy atom. The van der Waals surface area contributed by atoms with Crippen LogP contribution in [0.15, 0.2) is 54.6 Å². The normalized spacial score (nSPS) is 13.6. The molecule has 0 radical (unpaired) electrons. The highest BCUT2D eigenvalue weighted by atomic mass is 32.2. The number of anilines is 2. The summed E-state index contributed by atoms with van der Waals surface area (Å²) >= 11 is 0. The third-order valence-corrected chi connectivity index (χ3v) is 6.65. The zero-order valence-electron chi connectivity index (χ0n) is 16.8. The Balaban J connectivity index is 1.44. The van der Waals surface area contributed by atoms with Crippen molar-refractivity contribution in [2.45, 2.75) is 25.8 Å². The average molecular weight is 439 g/mol. The molecule has 0 aliphatic carbocycles. The van der Waals surface area contributed by atoms with E-state index in [1.807, 2.05) is 6.07 Å². The van der Waals surface area contributed by atoms with Crippen LogP contribution >= 0.6 is 0 Å². The summed E-state index contributed by atoms with van der Waals surface area (Å²) in [5.74, 6) is -0.281. The van der Waals surface area contributed by atoms with E-state index in [9.17, 15) is 18.0 Å². The fourth-order valence-corrected chi connectivity index (χ4v) is 4.81. The molecule has 3 N–H and O–H groups in total. The van der Waals surface area contributed by atoms with Gasteiger partial charge in [0.2, 0.25) is 15.9 Å². The van der Waals surface area contributed by atoms with Gasteiger partial charge in [-0.3, -0.25) is 14.7 Å². The first kappa shape index (κ1) is 20.8. The molecule has 2 heterocycles. The largest absolute Gasteiger partial charge is 0.326 e. The average Bonchev–Trinajstić information content (AvgIpc) is 3.31. The van der Waals surface area contributed by atoms with Gasteiger partial charge in [-0.1, -0.05) is 30.3 Å². The highest BCUT2D eigenvalue weighted by Crippen LogP contribution is 2.30. The van der Waals surface area contributed by atoms with Gasteiger partial charge in [0.15, 0.2) is 0 Å². The molecule has 2 amide bonds. The number of hydrogen-bond donors (Lipinski definition) is 3. The smallest absolute Gasteiger partial charge is 0.256 e. The van der Waals surface area contributed by atoms with Crippen molar-refractivity contribution < 1.29 is 18.0 Å². The molecule has 10 heteroatoms. The van der Waals surface area contributed by atoms with Crippen LogP contribution in [0.4, 0.5) is 11.5 Å². The van der Waals surface area contributed by atoms with Gasteiger partial charge in [-0.25, -0.2) is 8.42 Å². The van der Waals surface area contributed by atoms with Gasteiger partial charge in [0, 0.05) is 30.3 Å². The molecule has 4 rings (SSSR count). The molecular weight excluding hydrogens is 418 g/mol. The molecule has 0 saturated carbocycles. The number of amides is 2. The number of nitrogens with one attached hydrogen (secondary N) is 3. The van der Waals surface area contributed by atoms with Crippen molar-refractivity contribution in [2.75, 3.05) is 10.6 Å². The van der Waals surface area contributed by atoms with Gasteiger partial charge >= 0.3 is 0 Å². The van der Waals surface area contributed by atoms with E-state index in [1.165, 1.54) is 11.2 Å². The SMILES string of the molecule is CC(=O)Nc1ccc(C(=O)Nc2[nH]nc3c2CN(S(=O)(=O)Cc2ccccc2)C3)cc1. The van der Waals surface area contributed by atoms with E-state index in [2.05, 4.69) is 20.8 Å². The Kier molecular flexibility index (Phi) is 5.57. The number of H-pyrrole nitrogens is 1. The predicted molar refractivity (Wildman–Crippen MR) is 116 cm³/mol. The van der Waals surface area contributed by atoms with Gasteiger partial charge in [0.05, 0.1) is 18.0 Å². The molecule has 31 heavy (non-hydrogen) atoms. The number of hydrogen-bond acceptors (Lipinski definition) is 5. The zero-order chi connectivity index (χ0) is 22.0. The Labute approximate surface area is 179 Å². The molecule has 160 valence electrons. The standard InChI is InChI=1S/C21H21N5O4S/c1-14(27)22-17-9-7-16(8-10-17)21(28)23-20-18-11-26(12-19(18)24-25-20)31(29,30)13-15-5-3-2-4-6-15/h2-10H,11-13H2,1H3,(H,22,27)(H2,23,24,25,28). The molecule has 0 atom stereocenters. The molecule has 1 aliphatic rings. The van der Waals surface area contributed by atoms with E-state index in [-0.39, 0.29) is 30.7 Å². The first-order valence-corrected chi connectivity index (χ1v) is 11.2. The molecule has 9 nitrogen and oxygen atoms in total. The summed E-state index contributed by atoms with van der Waals surface area (Å²) in [5.41, 5.74) is 2.94. The van der Waals surface area contributed by atoms with Crippen LogP contribution in [0, 0.1) is 0 Å². The van der Waals surface area contributed by atoms with E-state index in [1.54, 1.807) is 48.5 Å². The molecular formula is C21H21N5O4S. The lowest BCUT2D eigenvalue weighted by Gasteiger charge is -2.16. The number of aromatic amines is 1. The number of benzene rings is 2. The van der Waals surface area contributed by atoms with E-state index in [4.69, 9.17) is 0 Å². The van der Waals surface area contributed by atoms with E-state index in [0.29, 0.717) is 33.9 Å². The van der Waals surface area contributed by atoms with Crippen LogP contribution in [0.3, 0.4) is 0 Å². The molecule has 0 spiro atoms. The lowest BCUT2D eigenvalue weighted by atomic mass is 10.2. The van der Waals surface area contributed by atoms with Gasteiger partial charge in [-0.15, -0.1) is 0 Å². The van der Waals surface area contributed by atoms with Crippen molar-refractivity contribution in [3.63, 3.8) is 0 Å². The second-order valence-electron chi connectivity index (χ2n) is 7.25. The Morgan fingerprint density at radius 1 is 1.03 bits per heavy atom. The third-order valence-electron chi connectivity index (χ3n) is 4.90. The van der Waals surface area contributed by atoms with Crippen LogP contribution in [0.1, 0.15) is 34.1 Å². The maximum atomic E-state index is 12.8. The van der Waals surface area contributed by atoms with Crippen molar-refractivity contribution >= 4 is 33.3 Å². The topological polar surface area (TPSA) is 124 Å².